The van der Waals surface area contributed by atoms with Gasteiger partial charge in [0.1, 0.15) is 0 Å². The minimum Gasteiger partial charge on any atom is -0.465 e. The molecular formula is C14H15ClINO4. The van der Waals surface area contributed by atoms with Crippen LogP contribution in [-0.4, -0.2) is 31.4 Å². The lowest BCUT2D eigenvalue weighted by Crippen LogP contribution is -2.29. The van der Waals surface area contributed by atoms with E-state index in [1.165, 1.54) is 6.21 Å². The van der Waals surface area contributed by atoms with Gasteiger partial charge in [0, 0.05) is 9.78 Å². The maximum atomic E-state index is 11.8. The van der Waals surface area contributed by atoms with Crippen LogP contribution in [0.25, 0.3) is 0 Å². The van der Waals surface area contributed by atoms with E-state index in [1.807, 2.05) is 0 Å². The molecule has 0 heterocycles. The number of aliphatic imine (C=N–C) groups is 1. The van der Waals surface area contributed by atoms with Gasteiger partial charge in [-0.2, -0.15) is 0 Å². The van der Waals surface area contributed by atoms with Gasteiger partial charge < -0.3 is 9.47 Å². The molecule has 1 aromatic rings. The highest BCUT2D eigenvalue weighted by atomic mass is 127. The molecule has 0 N–H and O–H groups in total. The van der Waals surface area contributed by atoms with Gasteiger partial charge in [-0.15, -0.1) is 0 Å². The predicted octanol–water partition coefficient (Wildman–Crippen LogP) is 3.39. The molecule has 0 spiro atoms. The molecular weight excluding hydrogens is 409 g/mol. The Balaban J connectivity index is 2.93. The van der Waals surface area contributed by atoms with Gasteiger partial charge >= 0.3 is 11.9 Å². The Bertz CT molecular complexity index is 530. The van der Waals surface area contributed by atoms with Crippen molar-refractivity contribution in [3.05, 3.63) is 26.8 Å². The van der Waals surface area contributed by atoms with Crippen LogP contribution in [0.5, 0.6) is 0 Å². The summed E-state index contributed by atoms with van der Waals surface area (Å²) in [5, 5.41) is 0.550. The van der Waals surface area contributed by atoms with Gasteiger partial charge in [0.15, 0.2) is 5.92 Å². The number of ether oxygens (including phenoxy) is 2. The van der Waals surface area contributed by atoms with Gasteiger partial charge in [-0.05, 0) is 54.6 Å². The second-order valence-corrected chi connectivity index (χ2v) is 5.43. The van der Waals surface area contributed by atoms with Crippen molar-refractivity contribution in [2.75, 3.05) is 13.2 Å². The molecule has 0 amide bonds. The first-order valence-corrected chi connectivity index (χ1v) is 7.77. The lowest BCUT2D eigenvalue weighted by atomic mass is 10.1. The van der Waals surface area contributed by atoms with Gasteiger partial charge in [0.2, 0.25) is 0 Å². The first-order chi connectivity index (χ1) is 9.99. The molecule has 21 heavy (non-hydrogen) atoms. The highest BCUT2D eigenvalue weighted by Gasteiger charge is 2.27. The molecule has 0 aliphatic rings. The van der Waals surface area contributed by atoms with Crippen LogP contribution >= 0.6 is 34.2 Å². The topological polar surface area (TPSA) is 65.0 Å². The number of halogens is 2. The first-order valence-electron chi connectivity index (χ1n) is 6.32. The van der Waals surface area contributed by atoms with Crippen LogP contribution in [-0.2, 0) is 19.1 Å². The van der Waals surface area contributed by atoms with Crippen molar-refractivity contribution in [1.82, 2.24) is 0 Å². The molecule has 5 nitrogen and oxygen atoms in total. The number of hydrogen-bond donors (Lipinski definition) is 0. The Morgan fingerprint density at radius 1 is 1.29 bits per heavy atom. The van der Waals surface area contributed by atoms with E-state index in [4.69, 9.17) is 21.1 Å². The average Bonchev–Trinajstić information content (AvgIpc) is 2.43. The lowest BCUT2D eigenvalue weighted by molar-refractivity contribution is -0.157. The fourth-order valence-electron chi connectivity index (χ4n) is 1.41. The number of carbonyl (C=O) groups is 2. The zero-order valence-corrected chi connectivity index (χ0v) is 14.6. The highest BCUT2D eigenvalue weighted by molar-refractivity contribution is 14.1. The number of benzene rings is 1. The maximum absolute atomic E-state index is 11.8. The standard InChI is InChI=1S/C14H15ClINO4/c1-3-20-13(18)10(14(19)21-4-2)8-17-9-5-6-12(16)11(15)7-9/h5-8,10H,3-4H2,1-2H3/b17-8+. The number of carbonyl (C=O) groups excluding carboxylic acids is 2. The van der Waals surface area contributed by atoms with E-state index >= 15 is 0 Å². The van der Waals surface area contributed by atoms with E-state index in [0.29, 0.717) is 10.7 Å². The van der Waals surface area contributed by atoms with Gasteiger partial charge in [-0.3, -0.25) is 14.6 Å². The minimum atomic E-state index is -1.18. The lowest BCUT2D eigenvalue weighted by Gasteiger charge is -2.10. The van der Waals surface area contributed by atoms with E-state index in [-0.39, 0.29) is 13.2 Å². The molecule has 1 rings (SSSR count). The van der Waals surface area contributed by atoms with Crippen molar-refractivity contribution in [1.29, 1.82) is 0 Å². The molecule has 0 bridgehead atoms. The molecule has 0 saturated carbocycles. The third kappa shape index (κ3) is 5.62. The molecule has 0 radical (unpaired) electrons. The fraction of sp³-hybridized carbons (Fsp3) is 0.357. The zero-order valence-electron chi connectivity index (χ0n) is 11.6. The van der Waals surface area contributed by atoms with Gasteiger partial charge in [0.25, 0.3) is 0 Å². The minimum absolute atomic E-state index is 0.179. The SMILES string of the molecule is CCOC(=O)C(/C=N/c1ccc(I)c(Cl)c1)C(=O)OCC. The van der Waals surface area contributed by atoms with Crippen LogP contribution in [0.4, 0.5) is 5.69 Å². The van der Waals surface area contributed by atoms with E-state index in [1.54, 1.807) is 32.0 Å². The van der Waals surface area contributed by atoms with Crippen molar-refractivity contribution < 1.29 is 19.1 Å². The Labute approximate surface area is 141 Å². The number of esters is 2. The number of rotatable bonds is 6. The second kappa shape index (κ2) is 8.99. The second-order valence-electron chi connectivity index (χ2n) is 3.86. The van der Waals surface area contributed by atoms with Gasteiger partial charge in [-0.1, -0.05) is 11.6 Å². The normalized spacial score (nSPS) is 10.9. The van der Waals surface area contributed by atoms with E-state index in [2.05, 4.69) is 27.6 Å². The first kappa shape index (κ1) is 17.9. The summed E-state index contributed by atoms with van der Waals surface area (Å²) in [6, 6.07) is 5.17. The summed E-state index contributed by atoms with van der Waals surface area (Å²) in [7, 11) is 0. The van der Waals surface area contributed by atoms with Crippen LogP contribution in [0, 0.1) is 9.49 Å². The third-order valence-corrected chi connectivity index (χ3v) is 3.93. The van der Waals surface area contributed by atoms with Crippen LogP contribution < -0.4 is 0 Å². The van der Waals surface area contributed by atoms with Crippen molar-refractivity contribution in [3.8, 4) is 0 Å². The van der Waals surface area contributed by atoms with Crippen molar-refractivity contribution >= 4 is 58.0 Å². The summed E-state index contributed by atoms with van der Waals surface area (Å²) in [6.07, 6.45) is 1.22. The maximum Gasteiger partial charge on any atom is 0.325 e. The summed E-state index contributed by atoms with van der Waals surface area (Å²) >= 11 is 8.08. The van der Waals surface area contributed by atoms with Crippen molar-refractivity contribution in [2.24, 2.45) is 10.9 Å². The summed E-state index contributed by atoms with van der Waals surface area (Å²) in [6.45, 7) is 3.68. The summed E-state index contributed by atoms with van der Waals surface area (Å²) < 4.78 is 10.6. The zero-order chi connectivity index (χ0) is 15.8. The molecule has 1 aromatic carbocycles. The van der Waals surface area contributed by atoms with Crippen LogP contribution in [0.2, 0.25) is 5.02 Å². The monoisotopic (exact) mass is 423 g/mol. The Kier molecular flexibility index (Phi) is 7.66. The van der Waals surface area contributed by atoms with E-state index in [9.17, 15) is 9.59 Å². The van der Waals surface area contributed by atoms with Crippen LogP contribution in [0.3, 0.4) is 0 Å². The fourth-order valence-corrected chi connectivity index (χ4v) is 1.92. The van der Waals surface area contributed by atoms with Crippen LogP contribution in [0.1, 0.15) is 13.8 Å². The van der Waals surface area contributed by atoms with Crippen molar-refractivity contribution in [3.63, 3.8) is 0 Å². The molecule has 0 aliphatic heterocycles. The molecule has 0 aliphatic carbocycles. The number of hydrogen-bond acceptors (Lipinski definition) is 5. The summed E-state index contributed by atoms with van der Waals surface area (Å²) in [5.74, 6) is -2.55. The van der Waals surface area contributed by atoms with Gasteiger partial charge in [-0.25, -0.2) is 0 Å². The molecule has 0 unspecified atom stereocenters. The third-order valence-electron chi connectivity index (χ3n) is 2.36. The Hall–Kier alpha value is -1.15. The average molecular weight is 424 g/mol. The molecule has 0 fully saturated rings. The number of nitrogens with zero attached hydrogens (tertiary/aromatic N) is 1. The van der Waals surface area contributed by atoms with Crippen LogP contribution in [0.15, 0.2) is 23.2 Å². The van der Waals surface area contributed by atoms with Gasteiger partial charge in [0.05, 0.1) is 23.9 Å². The largest absolute Gasteiger partial charge is 0.465 e. The van der Waals surface area contributed by atoms with E-state index in [0.717, 1.165) is 3.57 Å². The highest BCUT2D eigenvalue weighted by Crippen LogP contribution is 2.24. The molecule has 0 aromatic heterocycles. The Morgan fingerprint density at radius 3 is 2.33 bits per heavy atom. The summed E-state index contributed by atoms with van der Waals surface area (Å²) in [5.41, 5.74) is 0.541. The smallest absolute Gasteiger partial charge is 0.325 e. The van der Waals surface area contributed by atoms with Crippen molar-refractivity contribution in [2.45, 2.75) is 13.8 Å². The molecule has 114 valence electrons. The quantitative estimate of drug-likeness (QED) is 0.304. The predicted molar refractivity (Wildman–Crippen MR) is 89.1 cm³/mol. The Morgan fingerprint density at radius 2 is 1.86 bits per heavy atom. The molecule has 0 saturated heterocycles. The molecule has 7 heteroatoms. The summed E-state index contributed by atoms with van der Waals surface area (Å²) in [4.78, 5) is 27.6. The van der Waals surface area contributed by atoms with E-state index < -0.39 is 17.9 Å². The molecule has 0 atom stereocenters.